The molecule has 0 unspecified atom stereocenters. The quantitative estimate of drug-likeness (QED) is 0.772. The Morgan fingerprint density at radius 3 is 2.95 bits per heavy atom. The molecule has 0 amide bonds. The van der Waals surface area contributed by atoms with Crippen LogP contribution in [0.4, 0.5) is 10.2 Å². The van der Waals surface area contributed by atoms with E-state index in [1.807, 2.05) is 6.92 Å². The van der Waals surface area contributed by atoms with Gasteiger partial charge in [-0.05, 0) is 13.0 Å². The van der Waals surface area contributed by atoms with Gasteiger partial charge in [0, 0.05) is 23.7 Å². The van der Waals surface area contributed by atoms with E-state index in [0.29, 0.717) is 17.2 Å². The molecule has 3 aromatic heterocycles. The Morgan fingerprint density at radius 1 is 1.36 bits per heavy atom. The van der Waals surface area contributed by atoms with Crippen LogP contribution in [0.3, 0.4) is 0 Å². The van der Waals surface area contributed by atoms with E-state index in [9.17, 15) is 4.39 Å². The number of fused-ring (bicyclic) bond motifs is 1. The molecule has 22 heavy (non-hydrogen) atoms. The molecule has 3 aromatic rings. The van der Waals surface area contributed by atoms with Gasteiger partial charge in [-0.2, -0.15) is 5.10 Å². The van der Waals surface area contributed by atoms with Gasteiger partial charge < -0.3 is 10.1 Å². The van der Waals surface area contributed by atoms with Gasteiger partial charge in [0.25, 0.3) is 0 Å². The molecule has 114 valence electrons. The highest BCUT2D eigenvalue weighted by Crippen LogP contribution is 2.27. The number of hydrogen-bond acceptors (Lipinski definition) is 5. The second-order valence-corrected chi connectivity index (χ2v) is 5.05. The average molecular weight is 322 g/mol. The summed E-state index contributed by atoms with van der Waals surface area (Å²) in [6, 6.07) is 1.80. The van der Waals surface area contributed by atoms with Crippen molar-refractivity contribution >= 4 is 28.5 Å². The van der Waals surface area contributed by atoms with Crippen LogP contribution >= 0.6 is 11.6 Å². The van der Waals surface area contributed by atoms with Gasteiger partial charge in [0.05, 0.1) is 17.4 Å². The van der Waals surface area contributed by atoms with Crippen molar-refractivity contribution in [2.45, 2.75) is 13.5 Å². The van der Waals surface area contributed by atoms with Crippen LogP contribution in [0.5, 0.6) is 5.75 Å². The number of pyridine rings is 2. The van der Waals surface area contributed by atoms with E-state index in [0.717, 1.165) is 17.3 Å². The maximum Gasteiger partial charge on any atom is 0.181 e. The van der Waals surface area contributed by atoms with E-state index in [-0.39, 0.29) is 17.2 Å². The molecule has 0 spiro atoms. The second-order valence-electron chi connectivity index (χ2n) is 4.68. The highest BCUT2D eigenvalue weighted by Gasteiger charge is 2.14. The molecule has 0 radical (unpaired) electrons. The van der Waals surface area contributed by atoms with Crippen molar-refractivity contribution in [2.24, 2.45) is 0 Å². The Balaban J connectivity index is 1.86. The molecule has 3 heterocycles. The zero-order valence-corrected chi connectivity index (χ0v) is 12.7. The van der Waals surface area contributed by atoms with Crippen molar-refractivity contribution in [3.8, 4) is 5.75 Å². The first-order valence-electron chi connectivity index (χ1n) is 6.54. The summed E-state index contributed by atoms with van der Waals surface area (Å²) >= 11 is 6.11. The molecule has 0 aliphatic heterocycles. The summed E-state index contributed by atoms with van der Waals surface area (Å²) in [5, 5.41) is 10.7. The van der Waals surface area contributed by atoms with Gasteiger partial charge in [-0.15, -0.1) is 0 Å². The Bertz CT molecular complexity index is 835. The Hall–Kier alpha value is -2.41. The number of halogens is 2. The molecule has 0 saturated heterocycles. The molecule has 0 aliphatic rings. The summed E-state index contributed by atoms with van der Waals surface area (Å²) < 4.78 is 19.5. The minimum Gasteiger partial charge on any atom is -0.487 e. The summed E-state index contributed by atoms with van der Waals surface area (Å²) in [4.78, 5) is 8.03. The van der Waals surface area contributed by atoms with E-state index in [1.54, 1.807) is 13.1 Å². The first-order chi connectivity index (χ1) is 10.6. The number of aromatic amines is 1. The Labute approximate surface area is 130 Å². The number of aryl methyl sites for hydroxylation is 1. The van der Waals surface area contributed by atoms with E-state index in [1.165, 1.54) is 6.20 Å². The molecule has 0 fully saturated rings. The first kappa shape index (κ1) is 14.5. The minimum atomic E-state index is -0.516. The van der Waals surface area contributed by atoms with Crippen LogP contribution in [0.25, 0.3) is 11.0 Å². The SMILES string of the molecule is CNc1ncc(F)c(COc2cnc3n[nH]c(C)c3c2)c1Cl. The lowest BCUT2D eigenvalue weighted by Crippen LogP contribution is -2.04. The fraction of sp³-hybridized carbons (Fsp3) is 0.214. The third kappa shape index (κ3) is 2.55. The van der Waals surface area contributed by atoms with Crippen LogP contribution < -0.4 is 10.1 Å². The van der Waals surface area contributed by atoms with Gasteiger partial charge in [-0.25, -0.2) is 14.4 Å². The van der Waals surface area contributed by atoms with Crippen LogP contribution in [-0.2, 0) is 6.61 Å². The summed E-state index contributed by atoms with van der Waals surface area (Å²) in [7, 11) is 1.66. The largest absolute Gasteiger partial charge is 0.487 e. The van der Waals surface area contributed by atoms with Crippen LogP contribution in [0, 0.1) is 12.7 Å². The van der Waals surface area contributed by atoms with Gasteiger partial charge in [0.2, 0.25) is 0 Å². The number of nitrogens with one attached hydrogen (secondary N) is 2. The van der Waals surface area contributed by atoms with Gasteiger partial charge in [0.15, 0.2) is 5.65 Å². The van der Waals surface area contributed by atoms with Crippen molar-refractivity contribution in [3.63, 3.8) is 0 Å². The normalized spacial score (nSPS) is 10.9. The average Bonchev–Trinajstić information content (AvgIpc) is 2.88. The van der Waals surface area contributed by atoms with Crippen molar-refractivity contribution in [3.05, 3.63) is 40.6 Å². The zero-order chi connectivity index (χ0) is 15.7. The molecule has 6 nitrogen and oxygen atoms in total. The van der Waals surface area contributed by atoms with Gasteiger partial charge >= 0.3 is 0 Å². The summed E-state index contributed by atoms with van der Waals surface area (Å²) in [6.07, 6.45) is 2.65. The zero-order valence-electron chi connectivity index (χ0n) is 11.9. The molecule has 0 bridgehead atoms. The fourth-order valence-electron chi connectivity index (χ4n) is 2.05. The van der Waals surface area contributed by atoms with E-state index in [4.69, 9.17) is 16.3 Å². The predicted octanol–water partition coefficient (Wildman–Crippen LogP) is 3.07. The predicted molar refractivity (Wildman–Crippen MR) is 81.7 cm³/mol. The molecule has 8 heteroatoms. The third-order valence-corrected chi connectivity index (χ3v) is 3.67. The van der Waals surface area contributed by atoms with Crippen molar-refractivity contribution in [1.29, 1.82) is 0 Å². The third-order valence-electron chi connectivity index (χ3n) is 3.26. The van der Waals surface area contributed by atoms with E-state index >= 15 is 0 Å². The number of rotatable bonds is 4. The number of hydrogen-bond donors (Lipinski definition) is 2. The monoisotopic (exact) mass is 321 g/mol. The molecular formula is C14H13ClFN5O. The summed E-state index contributed by atoms with van der Waals surface area (Å²) in [5.41, 5.74) is 1.74. The van der Waals surface area contributed by atoms with E-state index < -0.39 is 5.82 Å². The van der Waals surface area contributed by atoms with Crippen molar-refractivity contribution in [1.82, 2.24) is 20.2 Å². The van der Waals surface area contributed by atoms with Crippen LogP contribution in [-0.4, -0.2) is 27.2 Å². The molecule has 2 N–H and O–H groups in total. The summed E-state index contributed by atoms with van der Waals surface area (Å²) in [5.74, 6) is 0.397. The van der Waals surface area contributed by atoms with Crippen molar-refractivity contribution < 1.29 is 9.13 Å². The summed E-state index contributed by atoms with van der Waals surface area (Å²) in [6.45, 7) is 1.87. The number of nitrogens with zero attached hydrogens (tertiary/aromatic N) is 3. The van der Waals surface area contributed by atoms with E-state index in [2.05, 4.69) is 25.5 Å². The van der Waals surface area contributed by atoms with Gasteiger partial charge in [0.1, 0.15) is 24.0 Å². The van der Waals surface area contributed by atoms with Crippen LogP contribution in [0.15, 0.2) is 18.5 Å². The Kier molecular flexibility index (Phi) is 3.81. The molecule has 0 aliphatic carbocycles. The fourth-order valence-corrected chi connectivity index (χ4v) is 2.33. The highest BCUT2D eigenvalue weighted by atomic mass is 35.5. The van der Waals surface area contributed by atoms with Crippen LogP contribution in [0.1, 0.15) is 11.3 Å². The molecular weight excluding hydrogens is 309 g/mol. The first-order valence-corrected chi connectivity index (χ1v) is 6.92. The second kappa shape index (κ2) is 5.76. The molecule has 0 saturated carbocycles. The highest BCUT2D eigenvalue weighted by molar-refractivity contribution is 6.33. The number of aromatic nitrogens is 4. The number of anilines is 1. The molecule has 3 rings (SSSR count). The number of H-pyrrole nitrogens is 1. The standard InChI is InChI=1S/C14H13ClFN5O/c1-7-9-3-8(4-18-13(9)21-20-7)22-6-10-11(16)5-19-14(17-2)12(10)15/h3-5H,6H2,1-2H3,(H,17,19)(H,18,20,21). The minimum absolute atomic E-state index is 0.0219. The molecule has 0 aromatic carbocycles. The lowest BCUT2D eigenvalue weighted by molar-refractivity contribution is 0.299. The Morgan fingerprint density at radius 2 is 2.18 bits per heavy atom. The molecule has 0 atom stereocenters. The van der Waals surface area contributed by atoms with Gasteiger partial charge in [-0.3, -0.25) is 5.10 Å². The lowest BCUT2D eigenvalue weighted by atomic mass is 10.2. The smallest absolute Gasteiger partial charge is 0.181 e. The maximum absolute atomic E-state index is 13.9. The topological polar surface area (TPSA) is 75.7 Å². The van der Waals surface area contributed by atoms with Gasteiger partial charge in [-0.1, -0.05) is 11.6 Å². The van der Waals surface area contributed by atoms with Crippen LogP contribution in [0.2, 0.25) is 5.02 Å². The van der Waals surface area contributed by atoms with Crippen molar-refractivity contribution in [2.75, 3.05) is 12.4 Å². The number of ether oxygens (including phenoxy) is 1. The lowest BCUT2D eigenvalue weighted by Gasteiger charge is -2.11. The maximum atomic E-state index is 13.9.